The molecule has 0 aromatic heterocycles. The van der Waals surface area contributed by atoms with Gasteiger partial charge in [-0.25, -0.2) is 4.39 Å². The molecule has 0 aliphatic carbocycles. The Morgan fingerprint density at radius 1 is 0.742 bits per heavy atom. The molecule has 0 atom stereocenters. The van der Waals surface area contributed by atoms with Gasteiger partial charge in [-0.3, -0.25) is 0 Å². The van der Waals surface area contributed by atoms with Gasteiger partial charge in [-0.15, -0.1) is 0 Å². The fourth-order valence-electron chi connectivity index (χ4n) is 3.80. The minimum Gasteiger partial charge on any atom is -0.206 e. The van der Waals surface area contributed by atoms with Gasteiger partial charge in [0.2, 0.25) is 0 Å². The molecule has 0 bridgehead atoms. The number of halogens is 1. The van der Waals surface area contributed by atoms with Crippen molar-refractivity contribution in [3.8, 4) is 23.0 Å². The Hall–Kier alpha value is -3.37. The first-order chi connectivity index (χ1) is 15.1. The molecule has 0 aliphatic rings. The maximum Gasteiger partial charge on any atom is 0.138 e. The van der Waals surface area contributed by atoms with E-state index in [-0.39, 0.29) is 5.82 Å². The van der Waals surface area contributed by atoms with Gasteiger partial charge in [0.1, 0.15) is 5.82 Å². The average Bonchev–Trinajstić information content (AvgIpc) is 2.80. The van der Waals surface area contributed by atoms with Crippen LogP contribution in [0, 0.1) is 24.6 Å². The van der Waals surface area contributed by atoms with E-state index in [2.05, 4.69) is 43.0 Å². The summed E-state index contributed by atoms with van der Waals surface area (Å²) >= 11 is 0. The molecule has 31 heavy (non-hydrogen) atoms. The molecule has 4 aromatic carbocycles. The summed E-state index contributed by atoms with van der Waals surface area (Å²) in [6, 6.07) is 26.0. The van der Waals surface area contributed by atoms with Crippen LogP contribution in [0.15, 0.2) is 78.9 Å². The number of hydrogen-bond donors (Lipinski definition) is 0. The Labute approximate surface area is 184 Å². The third-order valence-corrected chi connectivity index (χ3v) is 5.69. The zero-order valence-electron chi connectivity index (χ0n) is 18.2. The van der Waals surface area contributed by atoms with Gasteiger partial charge < -0.3 is 0 Å². The van der Waals surface area contributed by atoms with Crippen molar-refractivity contribution in [3.05, 3.63) is 107 Å². The number of aryl methyl sites for hydroxylation is 2. The van der Waals surface area contributed by atoms with Gasteiger partial charge in [0.25, 0.3) is 0 Å². The summed E-state index contributed by atoms with van der Waals surface area (Å²) in [6.45, 7) is 4.26. The van der Waals surface area contributed by atoms with Gasteiger partial charge in [-0.2, -0.15) is 0 Å². The van der Waals surface area contributed by atoms with Gasteiger partial charge in [-0.1, -0.05) is 91.8 Å². The minimum atomic E-state index is -0.181. The van der Waals surface area contributed by atoms with Crippen LogP contribution in [0.5, 0.6) is 0 Å². The smallest absolute Gasteiger partial charge is 0.138 e. The second-order valence-electron chi connectivity index (χ2n) is 8.13. The summed E-state index contributed by atoms with van der Waals surface area (Å²) in [6.07, 6.45) is 4.88. The molecule has 0 spiro atoms. The Balaban J connectivity index is 1.55. The fraction of sp³-hybridized carbons (Fsp3) is 0.200. The van der Waals surface area contributed by atoms with Gasteiger partial charge in [0.15, 0.2) is 0 Å². The molecule has 0 fully saturated rings. The van der Waals surface area contributed by atoms with Crippen LogP contribution in [0.4, 0.5) is 4.39 Å². The molecule has 0 amide bonds. The van der Waals surface area contributed by atoms with Crippen molar-refractivity contribution in [2.24, 2.45) is 0 Å². The zero-order valence-corrected chi connectivity index (χ0v) is 18.2. The van der Waals surface area contributed by atoms with Crippen LogP contribution in [0.3, 0.4) is 0 Å². The van der Waals surface area contributed by atoms with Gasteiger partial charge >= 0.3 is 0 Å². The molecule has 0 heterocycles. The molecule has 0 saturated carbocycles. The molecule has 0 unspecified atom stereocenters. The average molecular weight is 407 g/mol. The molecular formula is C30H27F. The summed E-state index contributed by atoms with van der Waals surface area (Å²) < 4.78 is 15.2. The van der Waals surface area contributed by atoms with E-state index in [1.54, 1.807) is 0 Å². The number of fused-ring (bicyclic) bond motifs is 1. The third kappa shape index (κ3) is 5.04. The van der Waals surface area contributed by atoms with Crippen molar-refractivity contribution in [3.63, 3.8) is 0 Å². The van der Waals surface area contributed by atoms with Crippen LogP contribution in [0.2, 0.25) is 0 Å². The van der Waals surface area contributed by atoms with Crippen molar-refractivity contribution in [1.82, 2.24) is 0 Å². The maximum absolute atomic E-state index is 15.2. The van der Waals surface area contributed by atoms with E-state index in [9.17, 15) is 0 Å². The molecular weight excluding hydrogens is 379 g/mol. The minimum absolute atomic E-state index is 0.181. The van der Waals surface area contributed by atoms with E-state index in [0.717, 1.165) is 28.5 Å². The largest absolute Gasteiger partial charge is 0.206 e. The van der Waals surface area contributed by atoms with E-state index >= 15 is 4.39 Å². The summed E-state index contributed by atoms with van der Waals surface area (Å²) in [5.41, 5.74) is 5.95. The summed E-state index contributed by atoms with van der Waals surface area (Å²) in [5, 5.41) is 1.49. The molecule has 4 aromatic rings. The highest BCUT2D eigenvalue weighted by atomic mass is 19.1. The molecule has 0 radical (unpaired) electrons. The molecule has 0 saturated heterocycles. The molecule has 0 N–H and O–H groups in total. The van der Waals surface area contributed by atoms with Crippen LogP contribution >= 0.6 is 0 Å². The molecule has 4 rings (SSSR count). The van der Waals surface area contributed by atoms with Crippen molar-refractivity contribution >= 4 is 10.8 Å². The van der Waals surface area contributed by atoms with E-state index < -0.39 is 0 Å². The van der Waals surface area contributed by atoms with Gasteiger partial charge in [0, 0.05) is 22.1 Å². The second-order valence-corrected chi connectivity index (χ2v) is 8.13. The SMILES string of the molecule is CCCCCc1ccc(C#Cc2ccc3c(F)c(-c4ccc(C)cc4)ccc3c2)cc1. The van der Waals surface area contributed by atoms with E-state index in [1.807, 2.05) is 61.5 Å². The summed E-state index contributed by atoms with van der Waals surface area (Å²) in [5.74, 6) is 6.28. The quantitative estimate of drug-likeness (QED) is 0.232. The van der Waals surface area contributed by atoms with Crippen LogP contribution < -0.4 is 0 Å². The fourth-order valence-corrected chi connectivity index (χ4v) is 3.80. The Bertz CT molecular complexity index is 1240. The Kier molecular flexibility index (Phi) is 6.48. The third-order valence-electron chi connectivity index (χ3n) is 5.69. The van der Waals surface area contributed by atoms with Crippen LogP contribution in [0.1, 0.15) is 48.4 Å². The standard InChI is InChI=1S/C30H27F/c1-3-4-5-6-23-9-11-24(12-10-23)13-14-25-15-19-29-27(21-25)18-20-28(30(29)31)26-16-7-22(2)8-17-26/h7-12,15-21H,3-6H2,1-2H3. The lowest BCUT2D eigenvalue weighted by atomic mass is 9.98. The highest BCUT2D eigenvalue weighted by Gasteiger charge is 2.09. The van der Waals surface area contributed by atoms with Crippen LogP contribution in [-0.2, 0) is 6.42 Å². The molecule has 154 valence electrons. The Morgan fingerprint density at radius 2 is 1.45 bits per heavy atom. The highest BCUT2D eigenvalue weighted by molar-refractivity contribution is 5.89. The normalized spacial score (nSPS) is 10.7. The topological polar surface area (TPSA) is 0 Å². The van der Waals surface area contributed by atoms with Crippen LogP contribution in [-0.4, -0.2) is 0 Å². The van der Waals surface area contributed by atoms with Crippen molar-refractivity contribution < 1.29 is 4.39 Å². The maximum atomic E-state index is 15.2. The predicted octanol–water partition coefficient (Wildman–Crippen LogP) is 8.09. The van der Waals surface area contributed by atoms with Crippen molar-refractivity contribution in [2.75, 3.05) is 0 Å². The van der Waals surface area contributed by atoms with Gasteiger partial charge in [0.05, 0.1) is 0 Å². The van der Waals surface area contributed by atoms with Crippen molar-refractivity contribution in [1.29, 1.82) is 0 Å². The monoisotopic (exact) mass is 406 g/mol. The lowest BCUT2D eigenvalue weighted by Gasteiger charge is -2.08. The zero-order chi connectivity index (χ0) is 21.6. The van der Waals surface area contributed by atoms with E-state index in [1.165, 1.54) is 30.4 Å². The van der Waals surface area contributed by atoms with E-state index in [0.29, 0.717) is 10.9 Å². The van der Waals surface area contributed by atoms with Gasteiger partial charge in [-0.05, 0) is 60.5 Å². The predicted molar refractivity (Wildman–Crippen MR) is 130 cm³/mol. The lowest BCUT2D eigenvalue weighted by molar-refractivity contribution is 0.643. The first kappa shape index (κ1) is 20.9. The summed E-state index contributed by atoms with van der Waals surface area (Å²) in [7, 11) is 0. The number of unbranched alkanes of at least 4 members (excludes halogenated alkanes) is 2. The number of hydrogen-bond acceptors (Lipinski definition) is 0. The first-order valence-electron chi connectivity index (χ1n) is 11.0. The number of benzene rings is 4. The highest BCUT2D eigenvalue weighted by Crippen LogP contribution is 2.29. The van der Waals surface area contributed by atoms with Crippen molar-refractivity contribution in [2.45, 2.75) is 39.5 Å². The van der Waals surface area contributed by atoms with Crippen LogP contribution in [0.25, 0.3) is 21.9 Å². The lowest BCUT2D eigenvalue weighted by Crippen LogP contribution is -1.88. The molecule has 1 heteroatoms. The molecule has 0 aliphatic heterocycles. The Morgan fingerprint density at radius 3 is 2.19 bits per heavy atom. The second kappa shape index (κ2) is 9.63. The summed E-state index contributed by atoms with van der Waals surface area (Å²) in [4.78, 5) is 0. The first-order valence-corrected chi connectivity index (χ1v) is 11.0. The number of rotatable bonds is 5. The van der Waals surface area contributed by atoms with E-state index in [4.69, 9.17) is 0 Å². The molecule has 0 nitrogen and oxygen atoms in total.